The highest BCUT2D eigenvalue weighted by Crippen LogP contribution is 2.23. The van der Waals surface area contributed by atoms with Gasteiger partial charge in [-0.1, -0.05) is 30.3 Å². The summed E-state index contributed by atoms with van der Waals surface area (Å²) in [6.07, 6.45) is -0.788. The first-order chi connectivity index (χ1) is 11.1. The number of carbonyl (C=O) groups excluding carboxylic acids is 2. The molecule has 0 radical (unpaired) electrons. The van der Waals surface area contributed by atoms with Crippen molar-refractivity contribution in [3.63, 3.8) is 0 Å². The second kappa shape index (κ2) is 7.76. The molecule has 1 unspecified atom stereocenters. The van der Waals surface area contributed by atoms with Gasteiger partial charge in [-0.05, 0) is 29.8 Å². The second-order valence-corrected chi connectivity index (χ2v) is 4.82. The largest absolute Gasteiger partial charge is 0.457 e. The van der Waals surface area contributed by atoms with E-state index in [1.165, 1.54) is 6.92 Å². The zero-order valence-electron chi connectivity index (χ0n) is 12.6. The van der Waals surface area contributed by atoms with Crippen molar-refractivity contribution in [1.29, 1.82) is 5.26 Å². The fraction of sp³-hybridized carbons (Fsp3) is 0.167. The molecule has 23 heavy (non-hydrogen) atoms. The summed E-state index contributed by atoms with van der Waals surface area (Å²) in [4.78, 5) is 23.3. The Hall–Kier alpha value is -3.13. The average molecular weight is 309 g/mol. The van der Waals surface area contributed by atoms with Crippen molar-refractivity contribution < 1.29 is 19.1 Å². The van der Waals surface area contributed by atoms with Crippen LogP contribution >= 0.6 is 0 Å². The maximum Gasteiger partial charge on any atom is 0.315 e. The lowest BCUT2D eigenvalue weighted by Gasteiger charge is -2.16. The monoisotopic (exact) mass is 309 g/mol. The first kappa shape index (κ1) is 16.2. The summed E-state index contributed by atoms with van der Waals surface area (Å²) in [5.74, 6) is -0.654. The van der Waals surface area contributed by atoms with E-state index in [-0.39, 0.29) is 6.42 Å². The van der Waals surface area contributed by atoms with Gasteiger partial charge in [0.1, 0.15) is 11.9 Å². The van der Waals surface area contributed by atoms with Gasteiger partial charge in [0, 0.05) is 6.92 Å². The van der Waals surface area contributed by atoms with Crippen molar-refractivity contribution in [2.75, 3.05) is 0 Å². The van der Waals surface area contributed by atoms with Crippen LogP contribution in [0.2, 0.25) is 0 Å². The maximum absolute atomic E-state index is 12.1. The highest BCUT2D eigenvalue weighted by Gasteiger charge is 2.20. The molecule has 5 nitrogen and oxygen atoms in total. The van der Waals surface area contributed by atoms with Crippen molar-refractivity contribution in [2.45, 2.75) is 19.4 Å². The summed E-state index contributed by atoms with van der Waals surface area (Å²) in [6.45, 7) is 1.29. The van der Waals surface area contributed by atoms with Gasteiger partial charge in [-0.2, -0.15) is 5.26 Å². The summed E-state index contributed by atoms with van der Waals surface area (Å²) >= 11 is 0. The van der Waals surface area contributed by atoms with E-state index >= 15 is 0 Å². The van der Waals surface area contributed by atoms with Crippen LogP contribution in [-0.2, 0) is 14.3 Å². The molecule has 2 aromatic rings. The van der Waals surface area contributed by atoms with Gasteiger partial charge in [0.05, 0.1) is 18.1 Å². The average Bonchev–Trinajstić information content (AvgIpc) is 2.55. The van der Waals surface area contributed by atoms with Crippen molar-refractivity contribution in [3.05, 3.63) is 65.7 Å². The van der Waals surface area contributed by atoms with E-state index in [0.717, 1.165) is 5.56 Å². The van der Waals surface area contributed by atoms with Gasteiger partial charge in [0.15, 0.2) is 0 Å². The van der Waals surface area contributed by atoms with Crippen LogP contribution in [-0.4, -0.2) is 11.9 Å². The molecule has 0 aliphatic carbocycles. The lowest BCUT2D eigenvalue weighted by molar-refractivity contribution is -0.150. The molecule has 2 rings (SSSR count). The summed E-state index contributed by atoms with van der Waals surface area (Å²) in [6, 6.07) is 17.2. The van der Waals surface area contributed by atoms with Gasteiger partial charge in [-0.3, -0.25) is 9.59 Å². The Labute approximate surface area is 134 Å². The van der Waals surface area contributed by atoms with Crippen molar-refractivity contribution in [3.8, 4) is 11.8 Å². The minimum absolute atomic E-state index is 0.0937. The molecule has 0 aromatic heterocycles. The Morgan fingerprint density at radius 3 is 2.30 bits per heavy atom. The fourth-order valence-corrected chi connectivity index (χ4v) is 2.02. The van der Waals surface area contributed by atoms with Gasteiger partial charge in [-0.15, -0.1) is 0 Å². The molecule has 0 saturated carbocycles. The lowest BCUT2D eigenvalue weighted by atomic mass is 10.1. The van der Waals surface area contributed by atoms with E-state index < -0.39 is 18.0 Å². The van der Waals surface area contributed by atoms with E-state index in [2.05, 4.69) is 0 Å². The highest BCUT2D eigenvalue weighted by molar-refractivity contribution is 5.74. The van der Waals surface area contributed by atoms with Crippen LogP contribution in [0.4, 0.5) is 0 Å². The van der Waals surface area contributed by atoms with E-state index in [1.54, 1.807) is 48.5 Å². The molecule has 0 N–H and O–H groups in total. The normalized spacial score (nSPS) is 11.1. The number of carbonyl (C=O) groups is 2. The number of rotatable bonds is 5. The van der Waals surface area contributed by atoms with Crippen LogP contribution in [0.3, 0.4) is 0 Å². The fourth-order valence-electron chi connectivity index (χ4n) is 2.02. The minimum Gasteiger partial charge on any atom is -0.457 e. The van der Waals surface area contributed by atoms with E-state index in [1.807, 2.05) is 12.1 Å². The van der Waals surface area contributed by atoms with Crippen molar-refractivity contribution in [2.24, 2.45) is 0 Å². The predicted molar refractivity (Wildman–Crippen MR) is 82.4 cm³/mol. The first-order valence-electron chi connectivity index (χ1n) is 7.01. The molecule has 5 heteroatoms. The Kier molecular flexibility index (Phi) is 5.48. The standard InChI is InChI=1S/C18H15NO4/c1-13(20)22-17(15-5-3-2-4-6-15)11-18(21)23-16-9-7-14(12-19)8-10-16/h2-10,17H,11H2,1H3. The van der Waals surface area contributed by atoms with Crippen LogP contribution in [0, 0.1) is 11.3 Å². The molecule has 0 aliphatic heterocycles. The van der Waals surface area contributed by atoms with Crippen molar-refractivity contribution in [1.82, 2.24) is 0 Å². The topological polar surface area (TPSA) is 76.4 Å². The molecule has 1 atom stereocenters. The zero-order valence-corrected chi connectivity index (χ0v) is 12.6. The highest BCUT2D eigenvalue weighted by atomic mass is 16.6. The third-order valence-electron chi connectivity index (χ3n) is 3.05. The van der Waals surface area contributed by atoms with Crippen LogP contribution < -0.4 is 4.74 Å². The molecular formula is C18H15NO4. The van der Waals surface area contributed by atoms with Gasteiger partial charge >= 0.3 is 11.9 Å². The van der Waals surface area contributed by atoms with Crippen LogP contribution in [0.25, 0.3) is 0 Å². The Balaban J connectivity index is 2.05. The van der Waals surface area contributed by atoms with Crippen molar-refractivity contribution >= 4 is 11.9 Å². The van der Waals surface area contributed by atoms with Gasteiger partial charge in [0.25, 0.3) is 0 Å². The molecule has 0 saturated heterocycles. The van der Waals surface area contributed by atoms with Crippen LogP contribution in [0.15, 0.2) is 54.6 Å². The second-order valence-electron chi connectivity index (χ2n) is 4.82. The summed E-state index contributed by atoms with van der Waals surface area (Å²) in [5, 5.41) is 8.73. The third kappa shape index (κ3) is 4.97. The van der Waals surface area contributed by atoms with Crippen LogP contribution in [0.5, 0.6) is 5.75 Å². The molecular weight excluding hydrogens is 294 g/mol. The molecule has 0 bridgehead atoms. The molecule has 116 valence electrons. The molecule has 2 aromatic carbocycles. The number of nitrogens with zero attached hydrogens (tertiary/aromatic N) is 1. The number of hydrogen-bond acceptors (Lipinski definition) is 5. The van der Waals surface area contributed by atoms with E-state index in [9.17, 15) is 9.59 Å². The number of benzene rings is 2. The summed E-state index contributed by atoms with van der Waals surface area (Å²) in [5.41, 5.74) is 1.20. The minimum atomic E-state index is -0.695. The molecule has 0 amide bonds. The predicted octanol–water partition coefficient (Wildman–Crippen LogP) is 3.16. The number of hydrogen-bond donors (Lipinski definition) is 0. The van der Waals surface area contributed by atoms with Gasteiger partial charge in [0.2, 0.25) is 0 Å². The van der Waals surface area contributed by atoms with Gasteiger partial charge in [-0.25, -0.2) is 0 Å². The third-order valence-corrected chi connectivity index (χ3v) is 3.05. The van der Waals surface area contributed by atoms with Crippen LogP contribution in [0.1, 0.15) is 30.6 Å². The summed E-state index contributed by atoms with van der Waals surface area (Å²) < 4.78 is 10.4. The van der Waals surface area contributed by atoms with E-state index in [4.69, 9.17) is 14.7 Å². The van der Waals surface area contributed by atoms with Gasteiger partial charge < -0.3 is 9.47 Å². The summed E-state index contributed by atoms with van der Waals surface area (Å²) in [7, 11) is 0. The Morgan fingerprint density at radius 1 is 1.09 bits per heavy atom. The van der Waals surface area contributed by atoms with E-state index in [0.29, 0.717) is 11.3 Å². The Morgan fingerprint density at radius 2 is 1.74 bits per heavy atom. The number of ether oxygens (including phenoxy) is 2. The Bertz CT molecular complexity index is 717. The molecule has 0 fully saturated rings. The number of esters is 2. The SMILES string of the molecule is CC(=O)OC(CC(=O)Oc1ccc(C#N)cc1)c1ccccc1. The molecule has 0 spiro atoms. The maximum atomic E-state index is 12.1. The smallest absolute Gasteiger partial charge is 0.315 e. The molecule has 0 heterocycles. The quantitative estimate of drug-likeness (QED) is 0.626. The molecule has 0 aliphatic rings. The lowest BCUT2D eigenvalue weighted by Crippen LogP contribution is -2.17. The zero-order chi connectivity index (χ0) is 16.7. The number of nitriles is 1. The first-order valence-corrected chi connectivity index (χ1v) is 7.01.